The van der Waals surface area contributed by atoms with Crippen LogP contribution < -0.4 is 15.0 Å². The van der Waals surface area contributed by atoms with Gasteiger partial charge in [0.05, 0.1) is 11.1 Å². The molecule has 1 aromatic carbocycles. The molecule has 3 heterocycles. The molecule has 4 rings (SSSR count). The first-order chi connectivity index (χ1) is 15.9. The smallest absolute Gasteiger partial charge is 0.405 e. The predicted octanol–water partition coefficient (Wildman–Crippen LogP) is 3.69. The summed E-state index contributed by atoms with van der Waals surface area (Å²) in [5.41, 5.74) is 0.251. The first-order valence-corrected chi connectivity index (χ1v) is 11.1. The van der Waals surface area contributed by atoms with Crippen molar-refractivity contribution in [3.8, 4) is 5.75 Å². The molecule has 0 spiro atoms. The molecule has 174 valence electrons. The molecule has 0 saturated carbocycles. The lowest BCUT2D eigenvalue weighted by Crippen LogP contribution is -2.46. The Morgan fingerprint density at radius 2 is 1.88 bits per heavy atom. The Kier molecular flexibility index (Phi) is 7.09. The van der Waals surface area contributed by atoms with Crippen LogP contribution >= 0.6 is 11.3 Å². The summed E-state index contributed by atoms with van der Waals surface area (Å²) in [7, 11) is 0. The van der Waals surface area contributed by atoms with Crippen LogP contribution in [0.5, 0.6) is 5.75 Å². The van der Waals surface area contributed by atoms with Crippen LogP contribution in [0.3, 0.4) is 0 Å². The lowest BCUT2D eigenvalue weighted by Gasteiger charge is -2.34. The second kappa shape index (κ2) is 10.2. The van der Waals surface area contributed by atoms with Gasteiger partial charge in [-0.25, -0.2) is 4.98 Å². The molecule has 2 aromatic heterocycles. The largest absolute Gasteiger partial charge is 0.573 e. The number of alkyl halides is 3. The first-order valence-electron chi connectivity index (χ1n) is 10.3. The summed E-state index contributed by atoms with van der Waals surface area (Å²) in [5.74, 6) is 0.216. The number of ether oxygens (including phenoxy) is 1. The third-order valence-electron chi connectivity index (χ3n) is 5.15. The molecule has 11 heteroatoms. The molecule has 1 fully saturated rings. The molecule has 0 bridgehead atoms. The highest BCUT2D eigenvalue weighted by atomic mass is 32.1. The fourth-order valence-corrected chi connectivity index (χ4v) is 4.50. The average molecular weight is 478 g/mol. The van der Waals surface area contributed by atoms with E-state index in [-0.39, 0.29) is 23.8 Å². The van der Waals surface area contributed by atoms with Crippen LogP contribution in [0.4, 0.5) is 19.0 Å². The van der Waals surface area contributed by atoms with Gasteiger partial charge in [0.2, 0.25) is 0 Å². The van der Waals surface area contributed by atoms with Gasteiger partial charge in [0.15, 0.2) is 0 Å². The number of para-hydroxylation sites is 1. The van der Waals surface area contributed by atoms with Crippen molar-refractivity contribution in [1.29, 1.82) is 0 Å². The number of nitrogens with one attached hydrogen (secondary N) is 1. The number of hydrogen-bond donors (Lipinski definition) is 1. The van der Waals surface area contributed by atoms with Gasteiger partial charge >= 0.3 is 6.36 Å². The number of carbonyl (C=O) groups is 1. The number of anilines is 1. The van der Waals surface area contributed by atoms with E-state index < -0.39 is 6.36 Å². The molecule has 1 aliphatic rings. The highest BCUT2D eigenvalue weighted by Gasteiger charge is 2.32. The minimum Gasteiger partial charge on any atom is -0.405 e. The normalized spacial score (nSPS) is 14.8. The van der Waals surface area contributed by atoms with Crippen molar-refractivity contribution in [2.45, 2.75) is 19.5 Å². The molecule has 0 atom stereocenters. The van der Waals surface area contributed by atoms with E-state index in [0.29, 0.717) is 4.88 Å². The number of nitrogens with zero attached hydrogens (tertiary/aromatic N) is 4. The van der Waals surface area contributed by atoms with Crippen molar-refractivity contribution in [3.05, 3.63) is 70.3 Å². The molecule has 0 aliphatic carbocycles. The molecule has 1 saturated heterocycles. The lowest BCUT2D eigenvalue weighted by molar-refractivity contribution is -0.274. The van der Waals surface area contributed by atoms with Gasteiger partial charge in [0.25, 0.3) is 5.91 Å². The zero-order valence-electron chi connectivity index (χ0n) is 17.6. The number of halogens is 3. The molecule has 1 N–H and O–H groups in total. The van der Waals surface area contributed by atoms with Crippen molar-refractivity contribution in [3.63, 3.8) is 0 Å². The summed E-state index contributed by atoms with van der Waals surface area (Å²) in [4.78, 5) is 27.0. The van der Waals surface area contributed by atoms with Crippen LogP contribution in [0.25, 0.3) is 0 Å². The van der Waals surface area contributed by atoms with E-state index in [1.807, 2.05) is 6.07 Å². The van der Waals surface area contributed by atoms with Crippen LogP contribution in [0.15, 0.2) is 55.0 Å². The standard InChI is InChI=1S/C22H22F3N5O2S/c23-22(24,25)32-18-4-2-1-3-16(18)13-28-21(31)19-6-5-17(33-19)15-29-9-11-30(12-10-29)20-14-26-7-8-27-20/h1-8,14H,9-13,15H2,(H,28,31). The topological polar surface area (TPSA) is 70.6 Å². The van der Waals surface area contributed by atoms with Gasteiger partial charge in [-0.3, -0.25) is 14.7 Å². The number of piperazine rings is 1. The molecule has 3 aromatic rings. The number of aromatic nitrogens is 2. The molecule has 0 radical (unpaired) electrons. The maximum atomic E-state index is 12.6. The van der Waals surface area contributed by atoms with Gasteiger partial charge < -0.3 is 15.0 Å². The highest BCUT2D eigenvalue weighted by molar-refractivity contribution is 7.14. The maximum absolute atomic E-state index is 12.6. The maximum Gasteiger partial charge on any atom is 0.573 e. The Bertz CT molecular complexity index is 1070. The Morgan fingerprint density at radius 3 is 2.61 bits per heavy atom. The summed E-state index contributed by atoms with van der Waals surface area (Å²) < 4.78 is 41.7. The van der Waals surface area contributed by atoms with E-state index in [1.54, 1.807) is 30.7 Å². The minimum atomic E-state index is -4.79. The Morgan fingerprint density at radius 1 is 1.09 bits per heavy atom. The van der Waals surface area contributed by atoms with Gasteiger partial charge in [0.1, 0.15) is 11.6 Å². The second-order valence-electron chi connectivity index (χ2n) is 7.43. The van der Waals surface area contributed by atoms with Crippen LogP contribution in [0.1, 0.15) is 20.1 Å². The number of rotatable bonds is 7. The van der Waals surface area contributed by atoms with Crippen molar-refractivity contribution in [1.82, 2.24) is 20.2 Å². The first kappa shape index (κ1) is 23.0. The number of amides is 1. The van der Waals surface area contributed by atoms with Crippen molar-refractivity contribution < 1.29 is 22.7 Å². The highest BCUT2D eigenvalue weighted by Crippen LogP contribution is 2.26. The minimum absolute atomic E-state index is 0.0668. The van der Waals surface area contributed by atoms with Gasteiger partial charge in [-0.15, -0.1) is 24.5 Å². The number of thiophene rings is 1. The van der Waals surface area contributed by atoms with Gasteiger partial charge in [-0.2, -0.15) is 0 Å². The zero-order valence-corrected chi connectivity index (χ0v) is 18.4. The van der Waals surface area contributed by atoms with Gasteiger partial charge in [0, 0.05) is 62.1 Å². The predicted molar refractivity (Wildman–Crippen MR) is 118 cm³/mol. The Hall–Kier alpha value is -3.18. The molecule has 0 unspecified atom stereocenters. The Labute approximate surface area is 192 Å². The second-order valence-corrected chi connectivity index (χ2v) is 8.60. The fourth-order valence-electron chi connectivity index (χ4n) is 3.53. The van der Waals surface area contributed by atoms with Crippen molar-refractivity contribution >= 4 is 23.1 Å². The van der Waals surface area contributed by atoms with Crippen molar-refractivity contribution in [2.75, 3.05) is 31.1 Å². The fraction of sp³-hybridized carbons (Fsp3) is 0.318. The third kappa shape index (κ3) is 6.42. The SMILES string of the molecule is O=C(NCc1ccccc1OC(F)(F)F)c1ccc(CN2CCN(c3cnccn3)CC2)s1. The van der Waals surface area contributed by atoms with Crippen LogP contribution in [-0.4, -0.2) is 53.3 Å². The monoisotopic (exact) mass is 477 g/mol. The third-order valence-corrected chi connectivity index (χ3v) is 6.22. The summed E-state index contributed by atoms with van der Waals surface area (Å²) in [6.45, 7) is 4.09. The summed E-state index contributed by atoms with van der Waals surface area (Å²) in [5, 5.41) is 2.67. The lowest BCUT2D eigenvalue weighted by atomic mass is 10.2. The van der Waals surface area contributed by atoms with E-state index in [2.05, 4.69) is 29.8 Å². The summed E-state index contributed by atoms with van der Waals surface area (Å²) >= 11 is 1.38. The van der Waals surface area contributed by atoms with Crippen molar-refractivity contribution in [2.24, 2.45) is 0 Å². The quantitative estimate of drug-likeness (QED) is 0.560. The molecule has 1 amide bonds. The van der Waals surface area contributed by atoms with E-state index in [1.165, 1.54) is 29.5 Å². The zero-order chi connectivity index (χ0) is 23.3. The van der Waals surface area contributed by atoms with Crippen LogP contribution in [0, 0.1) is 0 Å². The summed E-state index contributed by atoms with van der Waals surface area (Å²) in [6, 6.07) is 9.41. The number of carbonyl (C=O) groups excluding carboxylic acids is 1. The summed E-state index contributed by atoms with van der Waals surface area (Å²) in [6.07, 6.45) is 0.303. The Balaban J connectivity index is 1.28. The molecular weight excluding hydrogens is 455 g/mol. The number of hydrogen-bond acceptors (Lipinski definition) is 7. The average Bonchev–Trinajstić information content (AvgIpc) is 3.27. The molecule has 33 heavy (non-hydrogen) atoms. The van der Waals surface area contributed by atoms with Crippen LogP contribution in [0.2, 0.25) is 0 Å². The molecule has 7 nitrogen and oxygen atoms in total. The van der Waals surface area contributed by atoms with Gasteiger partial charge in [-0.05, 0) is 18.2 Å². The van der Waals surface area contributed by atoms with E-state index in [4.69, 9.17) is 0 Å². The van der Waals surface area contributed by atoms with Crippen LogP contribution in [-0.2, 0) is 13.1 Å². The van der Waals surface area contributed by atoms with Gasteiger partial charge in [-0.1, -0.05) is 18.2 Å². The molecular formula is C22H22F3N5O2S. The number of benzene rings is 1. The van der Waals surface area contributed by atoms with E-state index >= 15 is 0 Å². The van der Waals surface area contributed by atoms with E-state index in [0.717, 1.165) is 43.4 Å². The molecule has 1 aliphatic heterocycles. The van der Waals surface area contributed by atoms with E-state index in [9.17, 15) is 18.0 Å².